The number of esters is 1. The summed E-state index contributed by atoms with van der Waals surface area (Å²) in [5.74, 6) is -1.05. The van der Waals surface area contributed by atoms with Crippen molar-refractivity contribution in [3.05, 3.63) is 65.4 Å². The number of rotatable bonds is 5. The molecule has 1 aromatic heterocycles. The topological polar surface area (TPSA) is 93.9 Å². The van der Waals surface area contributed by atoms with E-state index in [1.165, 1.54) is 4.31 Å². The molecule has 0 fully saturated rings. The maximum atomic E-state index is 12.5. The number of sulfonamides is 1. The summed E-state index contributed by atoms with van der Waals surface area (Å²) in [6, 6.07) is 13.4. The van der Waals surface area contributed by atoms with Gasteiger partial charge in [-0.2, -0.15) is 0 Å². The molecule has 3 aromatic rings. The second-order valence-corrected chi connectivity index (χ2v) is 8.96. The van der Waals surface area contributed by atoms with Crippen molar-refractivity contribution in [1.29, 1.82) is 0 Å². The second kappa shape index (κ2) is 7.04. The number of carbonyl (C=O) groups is 2. The summed E-state index contributed by atoms with van der Waals surface area (Å²) < 4.78 is 35.9. The minimum Gasteiger partial charge on any atom is -0.451 e. The SMILES string of the molecule is C[C@@H]1Cc2cc(C(=O)COC(=O)c3cc4ccccc4o3)ccc2N1S(C)(=O)=O. The Bertz CT molecular complexity index is 1190. The molecule has 1 atom stereocenters. The van der Waals surface area contributed by atoms with E-state index in [4.69, 9.17) is 9.15 Å². The van der Waals surface area contributed by atoms with Gasteiger partial charge in [-0.1, -0.05) is 18.2 Å². The van der Waals surface area contributed by atoms with E-state index >= 15 is 0 Å². The van der Waals surface area contributed by atoms with Gasteiger partial charge in [0.2, 0.25) is 15.8 Å². The fourth-order valence-corrected chi connectivity index (χ4v) is 4.91. The first-order chi connectivity index (χ1) is 13.7. The summed E-state index contributed by atoms with van der Waals surface area (Å²) in [6.07, 6.45) is 1.68. The Kier molecular flexibility index (Phi) is 4.66. The first kappa shape index (κ1) is 19.2. The molecule has 0 N–H and O–H groups in total. The number of ether oxygens (including phenoxy) is 1. The lowest BCUT2D eigenvalue weighted by Gasteiger charge is -2.21. The highest BCUT2D eigenvalue weighted by molar-refractivity contribution is 7.92. The van der Waals surface area contributed by atoms with Crippen LogP contribution < -0.4 is 4.31 Å². The molecule has 4 rings (SSSR count). The highest BCUT2D eigenvalue weighted by atomic mass is 32.2. The van der Waals surface area contributed by atoms with Crippen LogP contribution in [0.2, 0.25) is 0 Å². The van der Waals surface area contributed by atoms with Gasteiger partial charge in [-0.25, -0.2) is 13.2 Å². The Labute approximate surface area is 167 Å². The summed E-state index contributed by atoms with van der Waals surface area (Å²) in [5.41, 5.74) is 2.28. The van der Waals surface area contributed by atoms with Gasteiger partial charge in [0, 0.05) is 17.0 Å². The monoisotopic (exact) mass is 413 g/mol. The molecule has 0 aliphatic carbocycles. The number of anilines is 1. The zero-order chi connectivity index (χ0) is 20.8. The first-order valence-electron chi connectivity index (χ1n) is 9.05. The third kappa shape index (κ3) is 3.63. The zero-order valence-electron chi connectivity index (χ0n) is 15.9. The highest BCUT2D eigenvalue weighted by Crippen LogP contribution is 2.34. The van der Waals surface area contributed by atoms with Crippen LogP contribution in [-0.4, -0.2) is 39.1 Å². The smallest absolute Gasteiger partial charge is 0.374 e. The van der Waals surface area contributed by atoms with Crippen molar-refractivity contribution in [2.75, 3.05) is 17.2 Å². The van der Waals surface area contributed by atoms with Crippen LogP contribution in [-0.2, 0) is 21.2 Å². The number of hydrogen-bond acceptors (Lipinski definition) is 6. The fourth-order valence-electron chi connectivity index (χ4n) is 3.65. The number of nitrogens with zero attached hydrogens (tertiary/aromatic N) is 1. The van der Waals surface area contributed by atoms with Crippen LogP contribution in [0.15, 0.2) is 52.9 Å². The molecule has 29 heavy (non-hydrogen) atoms. The lowest BCUT2D eigenvalue weighted by Crippen LogP contribution is -2.34. The van der Waals surface area contributed by atoms with Gasteiger partial charge in [-0.05, 0) is 49.2 Å². The second-order valence-electron chi connectivity index (χ2n) is 7.10. The molecule has 0 unspecified atom stereocenters. The number of furan rings is 1. The van der Waals surface area contributed by atoms with Crippen molar-refractivity contribution >= 4 is 38.4 Å². The molecule has 150 valence electrons. The predicted molar refractivity (Wildman–Crippen MR) is 108 cm³/mol. The first-order valence-corrected chi connectivity index (χ1v) is 10.9. The maximum Gasteiger partial charge on any atom is 0.374 e. The molecular weight excluding hydrogens is 394 g/mol. The van der Waals surface area contributed by atoms with E-state index in [1.807, 2.05) is 19.1 Å². The molecule has 0 saturated heterocycles. The number of Topliss-reactive ketones (excluding diaryl/α,β-unsaturated/α-hetero) is 1. The molecule has 2 aromatic carbocycles. The van der Waals surface area contributed by atoms with Gasteiger partial charge in [0.05, 0.1) is 11.9 Å². The Morgan fingerprint density at radius 3 is 2.66 bits per heavy atom. The van der Waals surface area contributed by atoms with Gasteiger partial charge >= 0.3 is 5.97 Å². The Balaban J connectivity index is 1.47. The third-order valence-electron chi connectivity index (χ3n) is 4.87. The molecule has 0 radical (unpaired) electrons. The summed E-state index contributed by atoms with van der Waals surface area (Å²) in [5, 5.41) is 0.772. The standard InChI is InChI=1S/C21H19NO6S/c1-13-9-16-10-14(7-8-17(16)22(13)29(2,25)26)18(23)12-27-21(24)20-11-15-5-3-4-6-19(15)28-20/h3-8,10-11,13H,9,12H2,1-2H3/t13-/m1/s1. The molecule has 0 bridgehead atoms. The number of para-hydroxylation sites is 1. The number of benzene rings is 2. The molecular formula is C21H19NO6S. The maximum absolute atomic E-state index is 12.5. The number of carbonyl (C=O) groups excluding carboxylic acids is 2. The van der Waals surface area contributed by atoms with E-state index in [2.05, 4.69) is 0 Å². The number of ketones is 1. The van der Waals surface area contributed by atoms with Crippen molar-refractivity contribution in [2.24, 2.45) is 0 Å². The summed E-state index contributed by atoms with van der Waals surface area (Å²) in [7, 11) is -3.39. The van der Waals surface area contributed by atoms with Crippen molar-refractivity contribution < 1.29 is 27.2 Å². The lowest BCUT2D eigenvalue weighted by atomic mass is 10.0. The van der Waals surface area contributed by atoms with Gasteiger partial charge in [0.1, 0.15) is 5.58 Å². The predicted octanol–water partition coefficient (Wildman–Crippen LogP) is 3.18. The van der Waals surface area contributed by atoms with E-state index in [0.717, 1.165) is 17.2 Å². The molecule has 1 aliphatic rings. The van der Waals surface area contributed by atoms with Crippen LogP contribution >= 0.6 is 0 Å². The van der Waals surface area contributed by atoms with Gasteiger partial charge in [0.25, 0.3) is 0 Å². The molecule has 1 aliphatic heterocycles. The minimum atomic E-state index is -3.39. The summed E-state index contributed by atoms with van der Waals surface area (Å²) in [6.45, 7) is 1.39. The average molecular weight is 413 g/mol. The zero-order valence-corrected chi connectivity index (χ0v) is 16.7. The summed E-state index contributed by atoms with van der Waals surface area (Å²) >= 11 is 0. The third-order valence-corrected chi connectivity index (χ3v) is 6.14. The molecule has 0 spiro atoms. The Morgan fingerprint density at radius 1 is 1.17 bits per heavy atom. The van der Waals surface area contributed by atoms with E-state index < -0.39 is 22.6 Å². The molecule has 0 amide bonds. The summed E-state index contributed by atoms with van der Waals surface area (Å²) in [4.78, 5) is 24.7. The van der Waals surface area contributed by atoms with Crippen molar-refractivity contribution in [1.82, 2.24) is 0 Å². The molecule has 7 nitrogen and oxygen atoms in total. The normalized spacial score (nSPS) is 16.1. The van der Waals surface area contributed by atoms with Crippen LogP contribution in [0.1, 0.15) is 33.4 Å². The Morgan fingerprint density at radius 2 is 1.93 bits per heavy atom. The van der Waals surface area contributed by atoms with Gasteiger partial charge in [0.15, 0.2) is 12.4 Å². The van der Waals surface area contributed by atoms with E-state index in [9.17, 15) is 18.0 Å². The van der Waals surface area contributed by atoms with Crippen LogP contribution in [0.4, 0.5) is 5.69 Å². The van der Waals surface area contributed by atoms with Gasteiger partial charge in [-0.15, -0.1) is 0 Å². The molecule has 2 heterocycles. The highest BCUT2D eigenvalue weighted by Gasteiger charge is 2.32. The van der Waals surface area contributed by atoms with Crippen LogP contribution in [0, 0.1) is 0 Å². The number of hydrogen-bond donors (Lipinski definition) is 0. The average Bonchev–Trinajstić information content (AvgIpc) is 3.24. The van der Waals surface area contributed by atoms with E-state index in [-0.39, 0.29) is 17.6 Å². The largest absolute Gasteiger partial charge is 0.451 e. The quantitative estimate of drug-likeness (QED) is 0.471. The van der Waals surface area contributed by atoms with Gasteiger partial charge in [-0.3, -0.25) is 9.10 Å². The van der Waals surface area contributed by atoms with Crippen molar-refractivity contribution in [3.8, 4) is 0 Å². The van der Waals surface area contributed by atoms with Crippen molar-refractivity contribution in [2.45, 2.75) is 19.4 Å². The molecule has 0 saturated carbocycles. The van der Waals surface area contributed by atoms with Crippen molar-refractivity contribution in [3.63, 3.8) is 0 Å². The number of fused-ring (bicyclic) bond motifs is 2. The lowest BCUT2D eigenvalue weighted by molar-refractivity contribution is 0.0446. The Hall–Kier alpha value is -3.13. The van der Waals surface area contributed by atoms with Crippen LogP contribution in [0.25, 0.3) is 11.0 Å². The molecule has 8 heteroatoms. The van der Waals surface area contributed by atoms with E-state index in [0.29, 0.717) is 23.3 Å². The van der Waals surface area contributed by atoms with Gasteiger partial charge < -0.3 is 9.15 Å². The van der Waals surface area contributed by atoms with Crippen LogP contribution in [0.5, 0.6) is 0 Å². The van der Waals surface area contributed by atoms with Crippen LogP contribution in [0.3, 0.4) is 0 Å². The fraction of sp³-hybridized carbons (Fsp3) is 0.238. The minimum absolute atomic E-state index is 0.0329. The van der Waals surface area contributed by atoms with E-state index in [1.54, 1.807) is 36.4 Å².